The molecule has 0 heterocycles. The monoisotopic (exact) mass is 237 g/mol. The van der Waals surface area contributed by atoms with E-state index >= 15 is 0 Å². The maximum Gasteiger partial charge on any atom is 0.00766 e. The highest BCUT2D eigenvalue weighted by Gasteiger charge is 2.03. The molecule has 0 radical (unpaired) electrons. The van der Waals surface area contributed by atoms with Crippen molar-refractivity contribution < 1.29 is 0 Å². The summed E-state index contributed by atoms with van der Waals surface area (Å²) in [7, 11) is 0. The second-order valence-corrected chi connectivity index (χ2v) is 5.86. The Balaban J connectivity index is 2.54. The van der Waals surface area contributed by atoms with E-state index in [1.54, 1.807) is 0 Å². The molecule has 0 bridgehead atoms. The maximum atomic E-state index is 5.94. The van der Waals surface area contributed by atoms with Crippen LogP contribution in [0.4, 0.5) is 0 Å². The highest BCUT2D eigenvalue weighted by atomic mass is 32.2. The summed E-state index contributed by atoms with van der Waals surface area (Å²) in [4.78, 5) is 1.36. The van der Waals surface area contributed by atoms with Crippen LogP contribution in [0.2, 0.25) is 0 Å². The average Bonchev–Trinajstić information content (AvgIpc) is 2.31. The molecule has 2 N–H and O–H groups in total. The van der Waals surface area contributed by atoms with Gasteiger partial charge in [0.2, 0.25) is 0 Å². The van der Waals surface area contributed by atoms with E-state index in [0.29, 0.717) is 11.3 Å². The molecule has 16 heavy (non-hydrogen) atoms. The molecule has 1 aromatic rings. The minimum absolute atomic E-state index is 0.299. The van der Waals surface area contributed by atoms with Gasteiger partial charge in [0.1, 0.15) is 0 Å². The van der Waals surface area contributed by atoms with E-state index in [9.17, 15) is 0 Å². The zero-order valence-corrected chi connectivity index (χ0v) is 11.4. The van der Waals surface area contributed by atoms with Crippen molar-refractivity contribution in [2.24, 2.45) is 5.73 Å². The Morgan fingerprint density at radius 3 is 2.25 bits per heavy atom. The van der Waals surface area contributed by atoms with Crippen LogP contribution in [0.3, 0.4) is 0 Å². The van der Waals surface area contributed by atoms with Crippen molar-refractivity contribution in [1.29, 1.82) is 0 Å². The molecule has 0 fully saturated rings. The number of nitrogens with two attached hydrogens (primary N) is 1. The van der Waals surface area contributed by atoms with Crippen molar-refractivity contribution >= 4 is 11.8 Å². The Morgan fingerprint density at radius 2 is 1.75 bits per heavy atom. The quantitative estimate of drug-likeness (QED) is 0.760. The molecule has 2 atom stereocenters. The summed E-state index contributed by atoms with van der Waals surface area (Å²) in [6.07, 6.45) is 3.25. The lowest BCUT2D eigenvalue weighted by molar-refractivity contribution is 0.646. The molecular weight excluding hydrogens is 214 g/mol. The first-order valence-electron chi connectivity index (χ1n) is 6.16. The van der Waals surface area contributed by atoms with E-state index < -0.39 is 0 Å². The van der Waals surface area contributed by atoms with Gasteiger partial charge in [-0.05, 0) is 37.0 Å². The van der Waals surface area contributed by atoms with Crippen molar-refractivity contribution in [3.8, 4) is 0 Å². The molecule has 0 saturated heterocycles. The predicted molar refractivity (Wildman–Crippen MR) is 74.0 cm³/mol. The molecule has 90 valence electrons. The lowest BCUT2D eigenvalue weighted by Gasteiger charge is -2.11. The molecule has 2 unspecified atom stereocenters. The van der Waals surface area contributed by atoms with Crippen LogP contribution in [0.1, 0.15) is 39.2 Å². The summed E-state index contributed by atoms with van der Waals surface area (Å²) >= 11 is 1.95. The van der Waals surface area contributed by atoms with Gasteiger partial charge < -0.3 is 5.73 Å². The van der Waals surface area contributed by atoms with Gasteiger partial charge in [0.25, 0.3) is 0 Å². The predicted octanol–water partition coefficient (Wildman–Crippen LogP) is 3.86. The summed E-state index contributed by atoms with van der Waals surface area (Å²) in [5.41, 5.74) is 7.29. The molecule has 1 rings (SSSR count). The van der Waals surface area contributed by atoms with Gasteiger partial charge in [0.05, 0.1) is 0 Å². The van der Waals surface area contributed by atoms with Gasteiger partial charge in [-0.25, -0.2) is 0 Å². The highest BCUT2D eigenvalue weighted by molar-refractivity contribution is 7.99. The fourth-order valence-corrected chi connectivity index (χ4v) is 2.39. The fraction of sp³-hybridized carbons (Fsp3) is 0.571. The Labute approximate surface area is 104 Å². The van der Waals surface area contributed by atoms with Gasteiger partial charge in [-0.1, -0.05) is 32.9 Å². The van der Waals surface area contributed by atoms with Gasteiger partial charge in [0, 0.05) is 16.2 Å². The number of rotatable bonds is 6. The minimum Gasteiger partial charge on any atom is -0.327 e. The van der Waals surface area contributed by atoms with Crippen LogP contribution in [-0.4, -0.2) is 11.3 Å². The number of thioether (sulfide) groups is 1. The second kappa shape index (κ2) is 6.97. The van der Waals surface area contributed by atoms with Gasteiger partial charge >= 0.3 is 0 Å². The normalized spacial score (nSPS) is 14.8. The van der Waals surface area contributed by atoms with E-state index in [2.05, 4.69) is 45.0 Å². The van der Waals surface area contributed by atoms with Crippen LogP contribution in [0.15, 0.2) is 29.2 Å². The third-order valence-electron chi connectivity index (χ3n) is 2.86. The Hall–Kier alpha value is -0.470. The van der Waals surface area contributed by atoms with E-state index in [1.165, 1.54) is 16.9 Å². The van der Waals surface area contributed by atoms with E-state index in [4.69, 9.17) is 5.73 Å². The summed E-state index contributed by atoms with van der Waals surface area (Å²) in [5, 5.41) is 0.698. The first kappa shape index (κ1) is 13.6. The van der Waals surface area contributed by atoms with E-state index in [-0.39, 0.29) is 0 Å². The van der Waals surface area contributed by atoms with Crippen molar-refractivity contribution in [1.82, 2.24) is 0 Å². The summed E-state index contributed by atoms with van der Waals surface area (Å²) < 4.78 is 0. The van der Waals surface area contributed by atoms with Gasteiger partial charge in [-0.3, -0.25) is 0 Å². The summed E-state index contributed by atoms with van der Waals surface area (Å²) in [5.74, 6) is 0. The Morgan fingerprint density at radius 1 is 1.12 bits per heavy atom. The molecule has 0 saturated carbocycles. The standard InChI is InChI=1S/C14H23NS/c1-4-11(3)16-14-8-6-12(7-9-14)10-13(15)5-2/h6-9,11,13H,4-5,10,15H2,1-3H3. The van der Waals surface area contributed by atoms with Crippen LogP contribution in [-0.2, 0) is 6.42 Å². The van der Waals surface area contributed by atoms with Gasteiger partial charge in [0.15, 0.2) is 0 Å². The van der Waals surface area contributed by atoms with Crippen molar-refractivity contribution in [2.45, 2.75) is 56.2 Å². The number of benzene rings is 1. The molecule has 0 aliphatic rings. The van der Waals surface area contributed by atoms with Crippen molar-refractivity contribution in [3.63, 3.8) is 0 Å². The number of hydrogen-bond acceptors (Lipinski definition) is 2. The minimum atomic E-state index is 0.299. The molecule has 0 amide bonds. The van der Waals surface area contributed by atoms with Crippen LogP contribution >= 0.6 is 11.8 Å². The molecule has 2 heteroatoms. The molecule has 0 aliphatic carbocycles. The highest BCUT2D eigenvalue weighted by Crippen LogP contribution is 2.25. The van der Waals surface area contributed by atoms with E-state index in [0.717, 1.165) is 12.8 Å². The molecule has 0 aromatic heterocycles. The SMILES string of the molecule is CCC(N)Cc1ccc(SC(C)CC)cc1. The fourth-order valence-electron chi connectivity index (χ4n) is 1.47. The van der Waals surface area contributed by atoms with Crippen LogP contribution in [0.25, 0.3) is 0 Å². The molecular formula is C14H23NS. The zero-order chi connectivity index (χ0) is 12.0. The molecule has 0 spiro atoms. The number of hydrogen-bond donors (Lipinski definition) is 1. The first-order valence-corrected chi connectivity index (χ1v) is 7.04. The van der Waals surface area contributed by atoms with Crippen molar-refractivity contribution in [3.05, 3.63) is 29.8 Å². The third-order valence-corrected chi connectivity index (χ3v) is 4.14. The van der Waals surface area contributed by atoms with Crippen LogP contribution < -0.4 is 5.73 Å². The third kappa shape index (κ3) is 4.58. The summed E-state index contributed by atoms with van der Waals surface area (Å²) in [6, 6.07) is 9.15. The van der Waals surface area contributed by atoms with Gasteiger partial charge in [-0.15, -0.1) is 11.8 Å². The molecule has 1 nitrogen and oxygen atoms in total. The molecule has 1 aromatic carbocycles. The molecule has 0 aliphatic heterocycles. The zero-order valence-electron chi connectivity index (χ0n) is 10.6. The largest absolute Gasteiger partial charge is 0.327 e. The lowest BCUT2D eigenvalue weighted by Crippen LogP contribution is -2.21. The average molecular weight is 237 g/mol. The second-order valence-electron chi connectivity index (χ2n) is 4.35. The lowest BCUT2D eigenvalue weighted by atomic mass is 10.1. The summed E-state index contributed by atoms with van der Waals surface area (Å²) in [6.45, 7) is 6.63. The Kier molecular flexibility index (Phi) is 5.93. The van der Waals surface area contributed by atoms with Crippen molar-refractivity contribution in [2.75, 3.05) is 0 Å². The van der Waals surface area contributed by atoms with Crippen LogP contribution in [0.5, 0.6) is 0 Å². The topological polar surface area (TPSA) is 26.0 Å². The first-order chi connectivity index (χ1) is 7.65. The smallest absolute Gasteiger partial charge is 0.00766 e. The Bertz CT molecular complexity index is 263. The van der Waals surface area contributed by atoms with E-state index in [1.807, 2.05) is 11.8 Å². The maximum absolute atomic E-state index is 5.94. The van der Waals surface area contributed by atoms with Gasteiger partial charge in [-0.2, -0.15) is 0 Å². The van der Waals surface area contributed by atoms with Crippen LogP contribution in [0, 0.1) is 0 Å².